The van der Waals surface area contributed by atoms with Crippen LogP contribution in [0.4, 0.5) is 0 Å². The third-order valence-electron chi connectivity index (χ3n) is 5.23. The molecular weight excluding hydrogens is 361 g/mol. The Kier molecular flexibility index (Phi) is 6.61. The Morgan fingerprint density at radius 1 is 1.28 bits per heavy atom. The molecule has 25 heavy (non-hydrogen) atoms. The van der Waals surface area contributed by atoms with E-state index >= 15 is 0 Å². The summed E-state index contributed by atoms with van der Waals surface area (Å²) in [4.78, 5) is 11.6. The molecule has 0 bridgehead atoms. The van der Waals surface area contributed by atoms with Crippen molar-refractivity contribution >= 4 is 29.1 Å². The molecule has 1 N–H and O–H groups in total. The summed E-state index contributed by atoms with van der Waals surface area (Å²) in [6.07, 6.45) is 6.41. The second-order valence-corrected chi connectivity index (χ2v) is 7.77. The number of ether oxygens (including phenoxy) is 2. The zero-order valence-corrected chi connectivity index (χ0v) is 15.9. The van der Waals surface area contributed by atoms with Crippen LogP contribution in [-0.4, -0.2) is 32.0 Å². The van der Waals surface area contributed by atoms with Crippen LogP contribution < -0.4 is 5.32 Å². The number of rotatable bonds is 6. The average molecular weight is 386 g/mol. The maximum atomic E-state index is 11.6. The summed E-state index contributed by atoms with van der Waals surface area (Å²) in [6.45, 7) is 2.09. The van der Waals surface area contributed by atoms with Gasteiger partial charge in [0.15, 0.2) is 6.29 Å². The van der Waals surface area contributed by atoms with E-state index < -0.39 is 0 Å². The number of carbonyl (C=O) groups is 1. The van der Waals surface area contributed by atoms with Crippen LogP contribution in [0.15, 0.2) is 18.2 Å². The molecule has 3 rings (SSSR count). The summed E-state index contributed by atoms with van der Waals surface area (Å²) in [5.74, 6) is 0.113. The van der Waals surface area contributed by atoms with Gasteiger partial charge in [-0.05, 0) is 56.2 Å². The van der Waals surface area contributed by atoms with Crippen LogP contribution in [0, 0.1) is 0 Å². The Balaban J connectivity index is 1.62. The Morgan fingerprint density at radius 3 is 2.84 bits per heavy atom. The van der Waals surface area contributed by atoms with Gasteiger partial charge in [0, 0.05) is 31.6 Å². The van der Waals surface area contributed by atoms with Crippen molar-refractivity contribution in [2.75, 3.05) is 19.8 Å². The fourth-order valence-electron chi connectivity index (χ4n) is 3.70. The van der Waals surface area contributed by atoms with Gasteiger partial charge in [-0.3, -0.25) is 4.79 Å². The predicted molar refractivity (Wildman–Crippen MR) is 99.2 cm³/mol. The van der Waals surface area contributed by atoms with E-state index in [1.54, 1.807) is 0 Å². The molecule has 1 aromatic rings. The van der Waals surface area contributed by atoms with Crippen LogP contribution in [0.2, 0.25) is 10.0 Å². The van der Waals surface area contributed by atoms with Crippen molar-refractivity contribution in [3.8, 4) is 0 Å². The van der Waals surface area contributed by atoms with Crippen molar-refractivity contribution in [2.24, 2.45) is 0 Å². The van der Waals surface area contributed by atoms with E-state index in [-0.39, 0.29) is 17.6 Å². The molecule has 1 amide bonds. The van der Waals surface area contributed by atoms with Gasteiger partial charge in [0.05, 0.1) is 10.0 Å². The Hall–Kier alpha value is -0.810. The Bertz CT molecular complexity index is 592. The minimum atomic E-state index is -0.112. The van der Waals surface area contributed by atoms with Crippen LogP contribution in [-0.2, 0) is 19.7 Å². The number of nitrogens with one attached hydrogen (secondary N) is 1. The van der Waals surface area contributed by atoms with Crippen LogP contribution in [0.25, 0.3) is 0 Å². The molecular formula is C19H25Cl2NO3. The zero-order chi connectivity index (χ0) is 17.7. The lowest BCUT2D eigenvalue weighted by atomic mass is 9.71. The van der Waals surface area contributed by atoms with Gasteiger partial charge < -0.3 is 14.8 Å². The number of amides is 1. The molecule has 0 aromatic heterocycles. The van der Waals surface area contributed by atoms with E-state index in [9.17, 15) is 4.79 Å². The van der Waals surface area contributed by atoms with Crippen molar-refractivity contribution in [3.63, 3.8) is 0 Å². The molecule has 2 aliphatic heterocycles. The maximum Gasteiger partial charge on any atom is 0.220 e. The van der Waals surface area contributed by atoms with Crippen molar-refractivity contribution in [1.29, 1.82) is 0 Å². The van der Waals surface area contributed by atoms with E-state index in [1.807, 2.05) is 18.2 Å². The van der Waals surface area contributed by atoms with E-state index in [1.165, 1.54) is 6.42 Å². The summed E-state index contributed by atoms with van der Waals surface area (Å²) in [5, 5.41) is 4.13. The number of hydrogen-bond donors (Lipinski definition) is 1. The standard InChI is InChI=1S/C19H25Cl2NO3/c20-15-6-5-14(12-16(15)21)19(9-7-17(23)22-13-19)8-3-11-25-18-4-1-2-10-24-18/h5-6,12,18H,1-4,7-11,13H2,(H,22,23). The fraction of sp³-hybridized carbons (Fsp3) is 0.632. The van der Waals surface area contributed by atoms with Gasteiger partial charge in [-0.15, -0.1) is 0 Å². The second kappa shape index (κ2) is 8.72. The molecule has 2 heterocycles. The van der Waals surface area contributed by atoms with Crippen molar-refractivity contribution in [3.05, 3.63) is 33.8 Å². The molecule has 2 saturated heterocycles. The third-order valence-corrected chi connectivity index (χ3v) is 5.97. The van der Waals surface area contributed by atoms with Crippen LogP contribution in [0.5, 0.6) is 0 Å². The van der Waals surface area contributed by atoms with Crippen LogP contribution in [0.1, 0.15) is 50.5 Å². The zero-order valence-electron chi connectivity index (χ0n) is 14.4. The van der Waals surface area contributed by atoms with Crippen molar-refractivity contribution in [2.45, 2.75) is 56.7 Å². The third kappa shape index (κ3) is 4.88. The first-order valence-electron chi connectivity index (χ1n) is 9.04. The minimum absolute atomic E-state index is 0.0549. The van der Waals surface area contributed by atoms with Crippen molar-refractivity contribution < 1.29 is 14.3 Å². The van der Waals surface area contributed by atoms with Gasteiger partial charge in [0.1, 0.15) is 0 Å². The van der Waals surface area contributed by atoms with Crippen molar-refractivity contribution in [1.82, 2.24) is 5.32 Å². The van der Waals surface area contributed by atoms with E-state index in [4.69, 9.17) is 32.7 Å². The van der Waals surface area contributed by atoms with Gasteiger partial charge in [-0.2, -0.15) is 0 Å². The first-order chi connectivity index (χ1) is 12.1. The highest BCUT2D eigenvalue weighted by atomic mass is 35.5. The van der Waals surface area contributed by atoms with E-state index in [0.717, 1.165) is 44.3 Å². The number of carbonyl (C=O) groups excluding carboxylic acids is 1. The largest absolute Gasteiger partial charge is 0.355 e. The highest BCUT2D eigenvalue weighted by Gasteiger charge is 2.36. The molecule has 2 aliphatic rings. The van der Waals surface area contributed by atoms with Crippen LogP contribution in [0.3, 0.4) is 0 Å². The molecule has 1 aromatic carbocycles. The number of benzene rings is 1. The Morgan fingerprint density at radius 2 is 2.16 bits per heavy atom. The van der Waals surface area contributed by atoms with Gasteiger partial charge in [0.25, 0.3) is 0 Å². The summed E-state index contributed by atoms with van der Waals surface area (Å²) in [6, 6.07) is 5.80. The molecule has 0 spiro atoms. The highest BCUT2D eigenvalue weighted by Crippen LogP contribution is 2.38. The molecule has 2 fully saturated rings. The van der Waals surface area contributed by atoms with E-state index in [2.05, 4.69) is 5.32 Å². The lowest BCUT2D eigenvalue weighted by Crippen LogP contribution is -2.46. The predicted octanol–water partition coefficient (Wildman–Crippen LogP) is 4.46. The number of hydrogen-bond acceptors (Lipinski definition) is 3. The molecule has 6 heteroatoms. The topological polar surface area (TPSA) is 47.6 Å². The number of piperidine rings is 1. The monoisotopic (exact) mass is 385 g/mol. The summed E-state index contributed by atoms with van der Waals surface area (Å²) >= 11 is 12.3. The quantitative estimate of drug-likeness (QED) is 0.735. The molecule has 4 nitrogen and oxygen atoms in total. The minimum Gasteiger partial charge on any atom is -0.355 e. The molecule has 2 atom stereocenters. The SMILES string of the molecule is O=C1CCC(CCCOC2CCCCO2)(c2ccc(Cl)c(Cl)c2)CN1. The summed E-state index contributed by atoms with van der Waals surface area (Å²) in [5.41, 5.74) is 1.02. The second-order valence-electron chi connectivity index (χ2n) is 6.96. The van der Waals surface area contributed by atoms with E-state index in [0.29, 0.717) is 29.6 Å². The highest BCUT2D eigenvalue weighted by molar-refractivity contribution is 6.42. The lowest BCUT2D eigenvalue weighted by Gasteiger charge is -2.38. The molecule has 2 unspecified atom stereocenters. The van der Waals surface area contributed by atoms with Gasteiger partial charge in [-0.1, -0.05) is 29.3 Å². The molecule has 0 saturated carbocycles. The molecule has 138 valence electrons. The summed E-state index contributed by atoms with van der Waals surface area (Å²) < 4.78 is 11.5. The smallest absolute Gasteiger partial charge is 0.220 e. The van der Waals surface area contributed by atoms with Gasteiger partial charge in [0.2, 0.25) is 5.91 Å². The first-order valence-corrected chi connectivity index (χ1v) is 9.80. The first kappa shape index (κ1) is 19.0. The summed E-state index contributed by atoms with van der Waals surface area (Å²) in [7, 11) is 0. The molecule has 0 radical (unpaired) electrons. The molecule has 0 aliphatic carbocycles. The Labute approximate surface area is 159 Å². The fourth-order valence-corrected chi connectivity index (χ4v) is 3.99. The van der Waals surface area contributed by atoms with Gasteiger partial charge in [-0.25, -0.2) is 0 Å². The maximum absolute atomic E-state index is 11.6. The lowest BCUT2D eigenvalue weighted by molar-refractivity contribution is -0.163. The normalized spacial score (nSPS) is 27.1. The average Bonchev–Trinajstić information content (AvgIpc) is 2.64. The van der Waals surface area contributed by atoms with Gasteiger partial charge >= 0.3 is 0 Å². The van der Waals surface area contributed by atoms with Crippen LogP contribution >= 0.6 is 23.2 Å². The number of halogens is 2.